The molecule has 1 saturated heterocycles. The molecule has 47 heavy (non-hydrogen) atoms. The Balaban J connectivity index is 1.27. The summed E-state index contributed by atoms with van der Waals surface area (Å²) in [6.07, 6.45) is 10.8. The van der Waals surface area contributed by atoms with E-state index < -0.39 is 39.5 Å². The molecule has 0 bridgehead atoms. The maximum Gasteiger partial charge on any atom is 0.266 e. The fourth-order valence-electron chi connectivity index (χ4n) is 7.50. The van der Waals surface area contributed by atoms with Gasteiger partial charge in [-0.15, -0.1) is 0 Å². The van der Waals surface area contributed by atoms with Crippen LogP contribution in [0.25, 0.3) is 0 Å². The van der Waals surface area contributed by atoms with E-state index in [-0.39, 0.29) is 34.5 Å². The van der Waals surface area contributed by atoms with Gasteiger partial charge in [-0.25, -0.2) is 18.1 Å². The van der Waals surface area contributed by atoms with Gasteiger partial charge in [0.1, 0.15) is 28.3 Å². The number of pyridine rings is 1. The van der Waals surface area contributed by atoms with Crippen molar-refractivity contribution in [2.75, 3.05) is 23.7 Å². The van der Waals surface area contributed by atoms with Gasteiger partial charge in [0.05, 0.1) is 5.69 Å². The van der Waals surface area contributed by atoms with Crippen molar-refractivity contribution >= 4 is 39.3 Å². The van der Waals surface area contributed by atoms with Crippen molar-refractivity contribution < 1.29 is 22.8 Å². The highest BCUT2D eigenvalue weighted by atomic mass is 32.2. The number of para-hydroxylation sites is 1. The van der Waals surface area contributed by atoms with Crippen molar-refractivity contribution in [1.82, 2.24) is 19.9 Å². The third kappa shape index (κ3) is 6.61. The van der Waals surface area contributed by atoms with Gasteiger partial charge in [-0.2, -0.15) is 0 Å². The summed E-state index contributed by atoms with van der Waals surface area (Å²) in [6, 6.07) is 10.6. The average Bonchev–Trinajstić information content (AvgIpc) is 3.90. The lowest BCUT2D eigenvalue weighted by Gasteiger charge is -2.31. The molecule has 12 heteroatoms. The molecule has 1 spiro atoms. The molecule has 252 valence electrons. The van der Waals surface area contributed by atoms with Crippen LogP contribution in [0.4, 0.5) is 11.5 Å². The molecule has 3 heterocycles. The summed E-state index contributed by atoms with van der Waals surface area (Å²) in [5.41, 5.74) is -1.15. The van der Waals surface area contributed by atoms with E-state index in [1.807, 2.05) is 38.1 Å². The van der Waals surface area contributed by atoms with Crippen LogP contribution in [0.2, 0.25) is 0 Å². The molecule has 3 amide bonds. The van der Waals surface area contributed by atoms with Crippen LogP contribution in [0.3, 0.4) is 0 Å². The van der Waals surface area contributed by atoms with Crippen molar-refractivity contribution in [1.29, 1.82) is 0 Å². The minimum absolute atomic E-state index is 0.0198. The van der Waals surface area contributed by atoms with Crippen LogP contribution < -0.4 is 20.7 Å². The molecule has 6 rings (SSSR count). The quantitative estimate of drug-likeness (QED) is 0.325. The van der Waals surface area contributed by atoms with E-state index in [2.05, 4.69) is 32.6 Å². The summed E-state index contributed by atoms with van der Waals surface area (Å²) in [7, 11) is -4.25. The van der Waals surface area contributed by atoms with Crippen LogP contribution in [0.1, 0.15) is 65.7 Å². The Morgan fingerprint density at radius 3 is 2.60 bits per heavy atom. The predicted octanol–water partition coefficient (Wildman–Crippen LogP) is 4.07. The van der Waals surface area contributed by atoms with Crippen LogP contribution in [-0.2, 0) is 24.4 Å². The molecule has 2 aliphatic carbocycles. The largest absolute Gasteiger partial charge is 0.384 e. The van der Waals surface area contributed by atoms with Gasteiger partial charge in [0, 0.05) is 25.2 Å². The zero-order valence-corrected chi connectivity index (χ0v) is 28.2. The van der Waals surface area contributed by atoms with Gasteiger partial charge < -0.3 is 20.9 Å². The lowest BCUT2D eigenvalue weighted by Crippen LogP contribution is -2.57. The Morgan fingerprint density at radius 1 is 1.09 bits per heavy atom. The van der Waals surface area contributed by atoms with E-state index >= 15 is 0 Å². The van der Waals surface area contributed by atoms with Crippen molar-refractivity contribution in [3.8, 4) is 0 Å². The zero-order valence-electron chi connectivity index (χ0n) is 27.4. The number of benzene rings is 1. The molecular formula is C35H46N6O5S. The first-order chi connectivity index (χ1) is 22.5. The second-order valence-corrected chi connectivity index (χ2v) is 15.6. The molecule has 4 aliphatic rings. The molecule has 4 N–H and O–H groups in total. The third-order valence-corrected chi connectivity index (χ3v) is 11.8. The number of nitrogens with one attached hydrogen (secondary N) is 4. The Morgan fingerprint density at radius 2 is 1.87 bits per heavy atom. The van der Waals surface area contributed by atoms with Crippen molar-refractivity contribution in [2.45, 2.75) is 88.2 Å². The topological polar surface area (TPSA) is 150 Å². The van der Waals surface area contributed by atoms with E-state index in [9.17, 15) is 22.8 Å². The number of carbonyl (C=O) groups excluding carboxylic acids is 3. The standard InChI is InChI=1S/C35H46N6O5S/c1-4-24-19-34(24)21-27(41(22-34)32(43)30(23(2)3)38-29-16-10-12-18-37-29)31(42)39-35-20-25(35)13-7-5-6-11-17-36-26-14-8-9-15-28(26)47(45,46)40-33(35)44/h7-10,12-16,18,23-25,27,30,36H,4-6,11,17,19-22H2,1-3H3,(H,37,38)(H,39,42)(H,40,44)/b13-7-/t24-,25+,27-,30?,34?,35+/m0/s1. The molecular weight excluding hydrogens is 616 g/mol. The molecule has 0 radical (unpaired) electrons. The van der Waals surface area contributed by atoms with Gasteiger partial charge in [0.2, 0.25) is 11.8 Å². The summed E-state index contributed by atoms with van der Waals surface area (Å²) in [5.74, 6) is -0.837. The SMILES string of the molecule is CC[C@H]1CC12C[C@@H](C(=O)N[C@]13C[C@H]1/C=C\CCCCNc1ccccc1S(=O)(=O)NC3=O)N(C(=O)C(Nc1ccccn1)C(C)C)C2. The number of carbonyl (C=O) groups is 3. The molecule has 3 fully saturated rings. The number of aromatic nitrogens is 1. The number of hydrogen-bond acceptors (Lipinski definition) is 8. The predicted molar refractivity (Wildman–Crippen MR) is 180 cm³/mol. The summed E-state index contributed by atoms with van der Waals surface area (Å²) in [4.78, 5) is 48.5. The Kier molecular flexibility index (Phi) is 9.08. The van der Waals surface area contributed by atoms with E-state index in [1.54, 1.807) is 35.4 Å². The van der Waals surface area contributed by atoms with Crippen LogP contribution >= 0.6 is 0 Å². The van der Waals surface area contributed by atoms with Crippen LogP contribution in [0, 0.1) is 23.2 Å². The van der Waals surface area contributed by atoms with Crippen LogP contribution in [0.5, 0.6) is 0 Å². The first-order valence-corrected chi connectivity index (χ1v) is 18.3. The smallest absolute Gasteiger partial charge is 0.266 e. The lowest BCUT2D eigenvalue weighted by molar-refractivity contribution is -0.140. The van der Waals surface area contributed by atoms with E-state index in [1.165, 1.54) is 6.07 Å². The van der Waals surface area contributed by atoms with Gasteiger partial charge in [-0.1, -0.05) is 57.5 Å². The zero-order chi connectivity index (χ0) is 33.4. The Hall–Kier alpha value is -3.93. The van der Waals surface area contributed by atoms with E-state index in [0.717, 1.165) is 32.1 Å². The summed E-state index contributed by atoms with van der Waals surface area (Å²) in [5, 5.41) is 9.46. The Bertz CT molecular complexity index is 1650. The van der Waals surface area contributed by atoms with E-state index in [4.69, 9.17) is 0 Å². The van der Waals surface area contributed by atoms with Gasteiger partial charge >= 0.3 is 0 Å². The molecule has 11 nitrogen and oxygen atoms in total. The molecule has 2 aromatic rings. The molecule has 2 saturated carbocycles. The summed E-state index contributed by atoms with van der Waals surface area (Å²) in [6.45, 7) is 7.12. The van der Waals surface area contributed by atoms with Gasteiger partial charge in [-0.3, -0.25) is 14.4 Å². The van der Waals surface area contributed by atoms with Gasteiger partial charge in [0.15, 0.2) is 0 Å². The molecule has 2 unspecified atom stereocenters. The van der Waals surface area contributed by atoms with Crippen molar-refractivity contribution in [3.63, 3.8) is 0 Å². The number of hydrogen-bond donors (Lipinski definition) is 4. The monoisotopic (exact) mass is 662 g/mol. The second kappa shape index (κ2) is 12.9. The highest BCUT2D eigenvalue weighted by molar-refractivity contribution is 7.90. The minimum atomic E-state index is -4.25. The van der Waals surface area contributed by atoms with Crippen LogP contribution in [0.15, 0.2) is 65.7 Å². The van der Waals surface area contributed by atoms with Gasteiger partial charge in [-0.05, 0) is 80.0 Å². The number of allylic oxidation sites excluding steroid dienone is 1. The van der Waals surface area contributed by atoms with Crippen LogP contribution in [-0.4, -0.2) is 66.7 Å². The maximum atomic E-state index is 14.3. The molecule has 6 atom stereocenters. The number of fused-ring (bicyclic) bond motifs is 2. The maximum absolute atomic E-state index is 14.3. The molecule has 1 aromatic heterocycles. The molecule has 2 aliphatic heterocycles. The van der Waals surface area contributed by atoms with E-state index in [0.29, 0.717) is 36.9 Å². The number of anilines is 2. The number of nitrogens with zero attached hydrogens (tertiary/aromatic N) is 2. The number of rotatable bonds is 7. The number of amides is 3. The third-order valence-electron chi connectivity index (χ3n) is 10.5. The fourth-order valence-corrected chi connectivity index (χ4v) is 8.72. The lowest BCUT2D eigenvalue weighted by atomic mass is 9.98. The first-order valence-electron chi connectivity index (χ1n) is 16.9. The first kappa shape index (κ1) is 33.0. The van der Waals surface area contributed by atoms with Gasteiger partial charge in [0.25, 0.3) is 15.9 Å². The normalized spacial score (nSPS) is 30.9. The van der Waals surface area contributed by atoms with Crippen molar-refractivity contribution in [2.24, 2.45) is 23.2 Å². The minimum Gasteiger partial charge on any atom is -0.384 e. The number of sulfonamides is 1. The summed E-state index contributed by atoms with van der Waals surface area (Å²) < 4.78 is 29.4. The van der Waals surface area contributed by atoms with Crippen molar-refractivity contribution in [3.05, 3.63) is 60.8 Å². The highest BCUT2D eigenvalue weighted by Crippen LogP contribution is 2.61. The second-order valence-electron chi connectivity index (χ2n) is 14.0. The fraction of sp³-hybridized carbons (Fsp3) is 0.543. The Labute approximate surface area is 277 Å². The average molecular weight is 663 g/mol. The molecule has 1 aromatic carbocycles. The summed E-state index contributed by atoms with van der Waals surface area (Å²) >= 11 is 0. The number of likely N-dealkylation sites (tertiary alicyclic amines) is 1. The highest BCUT2D eigenvalue weighted by Gasteiger charge is 2.65.